The van der Waals surface area contributed by atoms with E-state index in [2.05, 4.69) is 25.9 Å². The number of imidazole rings is 1. The number of aromatic nitrogens is 3. The van der Waals surface area contributed by atoms with Gasteiger partial charge in [0.05, 0.1) is 12.4 Å². The second kappa shape index (κ2) is 3.99. The van der Waals surface area contributed by atoms with E-state index in [9.17, 15) is 18.0 Å². The van der Waals surface area contributed by atoms with Gasteiger partial charge < -0.3 is 9.72 Å². The van der Waals surface area contributed by atoms with E-state index in [1.54, 1.807) is 5.32 Å². The van der Waals surface area contributed by atoms with Crippen LogP contribution in [0.2, 0.25) is 0 Å². The predicted molar refractivity (Wildman–Crippen MR) is 55.4 cm³/mol. The number of nitrogens with zero attached hydrogens (tertiary/aromatic N) is 3. The molecule has 0 aliphatic rings. The quantitative estimate of drug-likeness (QED) is 0.876. The number of carbonyl (C=O) groups is 1. The molecule has 1 N–H and O–H groups in total. The highest BCUT2D eigenvalue weighted by Crippen LogP contribution is 2.18. The van der Waals surface area contributed by atoms with Crippen LogP contribution in [-0.4, -0.2) is 26.5 Å². The van der Waals surface area contributed by atoms with Crippen molar-refractivity contribution in [3.8, 4) is 0 Å². The fourth-order valence-electron chi connectivity index (χ4n) is 1.12. The van der Waals surface area contributed by atoms with Crippen LogP contribution in [0.5, 0.6) is 0 Å². The van der Waals surface area contributed by atoms with Crippen molar-refractivity contribution in [2.45, 2.75) is 6.18 Å². The SMILES string of the molecule is O=C(Nc1cn2cc(Br)ncc2n1)C(F)(F)F. The van der Waals surface area contributed by atoms with Crippen LogP contribution in [-0.2, 0) is 4.79 Å². The van der Waals surface area contributed by atoms with Crippen LogP contribution in [0, 0.1) is 0 Å². The van der Waals surface area contributed by atoms with Gasteiger partial charge in [0.2, 0.25) is 0 Å². The van der Waals surface area contributed by atoms with E-state index in [1.165, 1.54) is 23.0 Å². The smallest absolute Gasteiger partial charge is 0.301 e. The van der Waals surface area contributed by atoms with Crippen molar-refractivity contribution in [2.75, 3.05) is 5.32 Å². The molecule has 2 aromatic rings. The maximum absolute atomic E-state index is 12.0. The third-order valence-electron chi connectivity index (χ3n) is 1.81. The Balaban J connectivity index is 2.29. The van der Waals surface area contributed by atoms with Gasteiger partial charge in [0, 0.05) is 6.20 Å². The van der Waals surface area contributed by atoms with Gasteiger partial charge in [0.15, 0.2) is 11.5 Å². The molecular formula is C8H4BrF3N4O. The third kappa shape index (κ3) is 2.54. The number of halogens is 4. The fourth-order valence-corrected chi connectivity index (χ4v) is 1.44. The van der Waals surface area contributed by atoms with E-state index in [4.69, 9.17) is 0 Å². The van der Waals surface area contributed by atoms with E-state index in [1.807, 2.05) is 0 Å². The van der Waals surface area contributed by atoms with Crippen LogP contribution >= 0.6 is 15.9 Å². The summed E-state index contributed by atoms with van der Waals surface area (Å²) in [6, 6.07) is 0. The molecule has 0 aromatic carbocycles. The zero-order valence-corrected chi connectivity index (χ0v) is 9.58. The van der Waals surface area contributed by atoms with Crippen molar-refractivity contribution < 1.29 is 18.0 Å². The predicted octanol–water partition coefficient (Wildman–Crippen LogP) is 1.99. The Bertz CT molecular complexity index is 580. The summed E-state index contributed by atoms with van der Waals surface area (Å²) >= 11 is 3.10. The molecule has 0 aliphatic carbocycles. The summed E-state index contributed by atoms with van der Waals surface area (Å²) in [4.78, 5) is 18.3. The number of fused-ring (bicyclic) bond motifs is 1. The summed E-state index contributed by atoms with van der Waals surface area (Å²) in [5, 5.41) is 1.65. The van der Waals surface area contributed by atoms with Crippen molar-refractivity contribution in [3.05, 3.63) is 23.2 Å². The number of alkyl halides is 3. The number of hydrogen-bond donors (Lipinski definition) is 1. The Kier molecular flexibility index (Phi) is 2.77. The summed E-state index contributed by atoms with van der Waals surface area (Å²) in [5.74, 6) is -2.25. The Morgan fingerprint density at radius 2 is 2.12 bits per heavy atom. The van der Waals surface area contributed by atoms with Crippen molar-refractivity contribution >= 4 is 33.3 Å². The molecule has 0 atom stereocenters. The lowest BCUT2D eigenvalue weighted by Crippen LogP contribution is -2.30. The lowest BCUT2D eigenvalue weighted by Gasteiger charge is -2.04. The highest BCUT2D eigenvalue weighted by molar-refractivity contribution is 9.10. The van der Waals surface area contributed by atoms with Gasteiger partial charge in [-0.2, -0.15) is 13.2 Å². The van der Waals surface area contributed by atoms with Gasteiger partial charge in [-0.05, 0) is 15.9 Å². The number of anilines is 1. The van der Waals surface area contributed by atoms with Crippen LogP contribution in [0.3, 0.4) is 0 Å². The Morgan fingerprint density at radius 1 is 1.41 bits per heavy atom. The average Bonchev–Trinajstić information content (AvgIpc) is 2.57. The van der Waals surface area contributed by atoms with Crippen molar-refractivity contribution in [1.82, 2.24) is 14.4 Å². The molecule has 0 radical (unpaired) electrons. The molecular weight excluding hydrogens is 305 g/mol. The van der Waals surface area contributed by atoms with E-state index in [0.717, 1.165) is 0 Å². The molecule has 0 aliphatic heterocycles. The van der Waals surface area contributed by atoms with Gasteiger partial charge in [-0.1, -0.05) is 0 Å². The van der Waals surface area contributed by atoms with Crippen molar-refractivity contribution in [2.24, 2.45) is 0 Å². The van der Waals surface area contributed by atoms with Crippen LogP contribution in [0.15, 0.2) is 23.2 Å². The highest BCUT2D eigenvalue weighted by atomic mass is 79.9. The first-order chi connectivity index (χ1) is 7.86. The minimum Gasteiger partial charge on any atom is -0.301 e. The van der Waals surface area contributed by atoms with E-state index < -0.39 is 12.1 Å². The van der Waals surface area contributed by atoms with E-state index in [-0.39, 0.29) is 5.82 Å². The molecule has 2 heterocycles. The number of nitrogens with one attached hydrogen (secondary N) is 1. The average molecular weight is 309 g/mol. The second-order valence-corrected chi connectivity index (χ2v) is 3.87. The van der Waals surface area contributed by atoms with Crippen molar-refractivity contribution in [3.63, 3.8) is 0 Å². The zero-order valence-electron chi connectivity index (χ0n) is 7.99. The monoisotopic (exact) mass is 308 g/mol. The van der Waals surface area contributed by atoms with E-state index in [0.29, 0.717) is 10.3 Å². The van der Waals surface area contributed by atoms with Crippen LogP contribution in [0.25, 0.3) is 5.65 Å². The second-order valence-electron chi connectivity index (χ2n) is 3.05. The minimum atomic E-state index is -4.94. The van der Waals surface area contributed by atoms with Gasteiger partial charge in [-0.25, -0.2) is 9.97 Å². The molecule has 0 unspecified atom stereocenters. The van der Waals surface area contributed by atoms with E-state index >= 15 is 0 Å². The maximum atomic E-state index is 12.0. The lowest BCUT2D eigenvalue weighted by atomic mass is 10.5. The number of carbonyl (C=O) groups excluding carboxylic acids is 1. The Morgan fingerprint density at radius 3 is 2.76 bits per heavy atom. The van der Waals surface area contributed by atoms with Crippen molar-refractivity contribution in [1.29, 1.82) is 0 Å². The summed E-state index contributed by atoms with van der Waals surface area (Å²) in [7, 11) is 0. The summed E-state index contributed by atoms with van der Waals surface area (Å²) < 4.78 is 37.9. The Labute approximate surface area is 101 Å². The largest absolute Gasteiger partial charge is 0.471 e. The van der Waals surface area contributed by atoms with Crippen LogP contribution in [0.4, 0.5) is 19.0 Å². The molecule has 90 valence electrons. The molecule has 0 saturated heterocycles. The van der Waals surface area contributed by atoms with Gasteiger partial charge in [-0.3, -0.25) is 4.79 Å². The molecule has 0 fully saturated rings. The summed E-state index contributed by atoms with van der Waals surface area (Å²) in [5.41, 5.74) is 0.325. The first-order valence-corrected chi connectivity index (χ1v) is 5.04. The fraction of sp³-hybridized carbons (Fsp3) is 0.125. The van der Waals surface area contributed by atoms with Gasteiger partial charge in [-0.15, -0.1) is 0 Å². The highest BCUT2D eigenvalue weighted by Gasteiger charge is 2.39. The molecule has 0 saturated carbocycles. The standard InChI is InChI=1S/C8H4BrF3N4O/c9-4-2-16-3-5(14-6(16)1-13-4)15-7(17)8(10,11)12/h1-3H,(H,15,17). The molecule has 2 rings (SSSR count). The Hall–Kier alpha value is -1.64. The maximum Gasteiger partial charge on any atom is 0.471 e. The van der Waals surface area contributed by atoms with Crippen LogP contribution < -0.4 is 5.32 Å². The molecule has 17 heavy (non-hydrogen) atoms. The molecule has 0 bridgehead atoms. The normalized spacial score (nSPS) is 11.8. The lowest BCUT2D eigenvalue weighted by molar-refractivity contribution is -0.167. The number of amides is 1. The molecule has 2 aromatic heterocycles. The molecule has 9 heteroatoms. The first kappa shape index (κ1) is 11.8. The molecule has 5 nitrogen and oxygen atoms in total. The van der Waals surface area contributed by atoms with Gasteiger partial charge in [0.25, 0.3) is 0 Å². The molecule has 1 amide bonds. The zero-order chi connectivity index (χ0) is 12.6. The summed E-state index contributed by atoms with van der Waals surface area (Å²) in [6.07, 6.45) is -0.820. The third-order valence-corrected chi connectivity index (χ3v) is 2.22. The van der Waals surface area contributed by atoms with Gasteiger partial charge >= 0.3 is 12.1 Å². The first-order valence-electron chi connectivity index (χ1n) is 4.25. The summed E-state index contributed by atoms with van der Waals surface area (Å²) in [6.45, 7) is 0. The topological polar surface area (TPSA) is 59.3 Å². The number of hydrogen-bond acceptors (Lipinski definition) is 3. The number of rotatable bonds is 1. The molecule has 0 spiro atoms. The van der Waals surface area contributed by atoms with Gasteiger partial charge in [0.1, 0.15) is 4.60 Å². The van der Waals surface area contributed by atoms with Crippen LogP contribution in [0.1, 0.15) is 0 Å². The minimum absolute atomic E-state index is 0.188.